The molecule has 0 radical (unpaired) electrons. The number of hydrogen-bond donors (Lipinski definition) is 0. The average molecular weight is 222 g/mol. The molecule has 0 aliphatic rings. The van der Waals surface area contributed by atoms with Crippen molar-refractivity contribution in [1.29, 1.82) is 0 Å². The van der Waals surface area contributed by atoms with Crippen molar-refractivity contribution in [2.75, 3.05) is 0 Å². The molecule has 0 spiro atoms. The minimum absolute atomic E-state index is 0. The van der Waals surface area contributed by atoms with Gasteiger partial charge in [-0.15, -0.1) is 0 Å². The van der Waals surface area contributed by atoms with Gasteiger partial charge < -0.3 is 10.2 Å². The molecule has 0 amide bonds. The first kappa shape index (κ1) is 13.5. The summed E-state index contributed by atoms with van der Waals surface area (Å²) in [5.41, 5.74) is 0. The number of para-hydroxylation sites is 2. The Labute approximate surface area is 96.3 Å². The topological polar surface area (TPSA) is 40.7 Å². The van der Waals surface area contributed by atoms with Gasteiger partial charge in [-0.3, -0.25) is 0 Å². The van der Waals surface area contributed by atoms with Gasteiger partial charge in [-0.25, -0.2) is 0 Å². The van der Waals surface area contributed by atoms with Crippen LogP contribution in [-0.2, 0) is 0 Å². The summed E-state index contributed by atoms with van der Waals surface area (Å²) in [6.45, 7) is 0. The highest BCUT2D eigenvalue weighted by atomic mass is 32.1. The molecule has 2 rings (SSSR count). The van der Waals surface area contributed by atoms with Gasteiger partial charge in [0.2, 0.25) is 0 Å². The lowest BCUT2D eigenvalue weighted by molar-refractivity contribution is 0.482. The van der Waals surface area contributed by atoms with Gasteiger partial charge in [-0.05, 0) is 24.3 Å². The summed E-state index contributed by atoms with van der Waals surface area (Å²) in [7, 11) is 0. The molecule has 2 aromatic carbocycles. The van der Waals surface area contributed by atoms with Crippen LogP contribution in [0.5, 0.6) is 11.5 Å². The molecule has 0 aliphatic heterocycles. The van der Waals surface area contributed by atoms with Crippen LogP contribution in [0, 0.1) is 0 Å². The van der Waals surface area contributed by atoms with Crippen LogP contribution in [0.4, 0.5) is 0 Å². The Hall–Kier alpha value is -1.45. The monoisotopic (exact) mass is 222 g/mol. The smallest absolute Gasteiger partial charge is 0.127 e. The fourth-order valence-corrected chi connectivity index (χ4v) is 1.11. The molecule has 2 N–H and O–H groups in total. The molecular formula is C12H14O2S. The van der Waals surface area contributed by atoms with Gasteiger partial charge in [-0.1, -0.05) is 36.4 Å². The number of rotatable bonds is 2. The lowest BCUT2D eigenvalue weighted by Gasteiger charge is -2.03. The van der Waals surface area contributed by atoms with E-state index in [4.69, 9.17) is 4.74 Å². The number of benzene rings is 2. The largest absolute Gasteiger partial charge is 0.457 e. The van der Waals surface area contributed by atoms with Gasteiger partial charge in [0, 0.05) is 0 Å². The standard InChI is InChI=1S/C12H10O.H2O.H2S/c1-3-7-11(8-4-1)13-12-9-5-2-6-10-12;;/h1-10H;2*1H2. The van der Waals surface area contributed by atoms with E-state index in [1.165, 1.54) is 0 Å². The molecule has 80 valence electrons. The molecule has 0 bridgehead atoms. The summed E-state index contributed by atoms with van der Waals surface area (Å²) in [6.07, 6.45) is 0. The van der Waals surface area contributed by atoms with Crippen molar-refractivity contribution < 1.29 is 10.2 Å². The molecule has 0 saturated heterocycles. The Morgan fingerprint density at radius 2 is 0.933 bits per heavy atom. The second kappa shape index (κ2) is 6.92. The van der Waals surface area contributed by atoms with Crippen LogP contribution < -0.4 is 4.74 Å². The van der Waals surface area contributed by atoms with E-state index in [1.54, 1.807) is 0 Å². The fourth-order valence-electron chi connectivity index (χ4n) is 1.11. The number of hydrogen-bond acceptors (Lipinski definition) is 1. The molecule has 0 atom stereocenters. The molecule has 2 nitrogen and oxygen atoms in total. The molecule has 0 aliphatic carbocycles. The van der Waals surface area contributed by atoms with Crippen molar-refractivity contribution >= 4 is 13.5 Å². The maximum atomic E-state index is 5.58. The van der Waals surface area contributed by atoms with E-state index in [1.807, 2.05) is 60.7 Å². The summed E-state index contributed by atoms with van der Waals surface area (Å²) >= 11 is 0. The predicted octanol–water partition coefficient (Wildman–Crippen LogP) is 2.77. The molecule has 0 heterocycles. The predicted molar refractivity (Wildman–Crippen MR) is 67.0 cm³/mol. The van der Waals surface area contributed by atoms with Crippen LogP contribution in [0.3, 0.4) is 0 Å². The second-order valence-electron chi connectivity index (χ2n) is 2.73. The Bertz CT molecular complexity index is 324. The Balaban J connectivity index is 0.000000980. The molecule has 15 heavy (non-hydrogen) atoms. The van der Waals surface area contributed by atoms with Crippen LogP contribution in [-0.4, -0.2) is 5.48 Å². The second-order valence-corrected chi connectivity index (χ2v) is 2.73. The van der Waals surface area contributed by atoms with E-state index >= 15 is 0 Å². The molecule has 0 fully saturated rings. The molecular weight excluding hydrogens is 208 g/mol. The third-order valence-corrected chi connectivity index (χ3v) is 1.72. The lowest BCUT2D eigenvalue weighted by Crippen LogP contribution is -1.81. The highest BCUT2D eigenvalue weighted by Gasteiger charge is 1.92. The summed E-state index contributed by atoms with van der Waals surface area (Å²) in [4.78, 5) is 0. The van der Waals surface area contributed by atoms with Gasteiger partial charge in [0.25, 0.3) is 0 Å². The van der Waals surface area contributed by atoms with E-state index in [0.29, 0.717) is 0 Å². The zero-order chi connectivity index (χ0) is 8.93. The van der Waals surface area contributed by atoms with Gasteiger partial charge in [0.05, 0.1) is 0 Å². The third kappa shape index (κ3) is 4.06. The zero-order valence-electron chi connectivity index (χ0n) is 8.18. The quantitative estimate of drug-likeness (QED) is 0.770. The Kier molecular flexibility index (Phi) is 6.25. The van der Waals surface area contributed by atoms with Gasteiger partial charge in [-0.2, -0.15) is 13.5 Å². The van der Waals surface area contributed by atoms with Crippen molar-refractivity contribution in [2.24, 2.45) is 0 Å². The lowest BCUT2D eigenvalue weighted by atomic mass is 10.3. The van der Waals surface area contributed by atoms with Gasteiger partial charge >= 0.3 is 0 Å². The first-order chi connectivity index (χ1) is 6.45. The van der Waals surface area contributed by atoms with Gasteiger partial charge in [0.15, 0.2) is 0 Å². The normalized spacial score (nSPS) is 8.27. The van der Waals surface area contributed by atoms with Crippen molar-refractivity contribution in [3.8, 4) is 11.5 Å². The summed E-state index contributed by atoms with van der Waals surface area (Å²) in [5.74, 6) is 1.74. The van der Waals surface area contributed by atoms with Crippen LogP contribution in [0.1, 0.15) is 0 Å². The Morgan fingerprint density at radius 3 is 1.27 bits per heavy atom. The first-order valence-corrected chi connectivity index (χ1v) is 4.23. The zero-order valence-corrected chi connectivity index (χ0v) is 9.18. The van der Waals surface area contributed by atoms with Crippen LogP contribution >= 0.6 is 13.5 Å². The summed E-state index contributed by atoms with van der Waals surface area (Å²) in [5, 5.41) is 0. The molecule has 0 saturated carbocycles. The third-order valence-electron chi connectivity index (χ3n) is 1.72. The maximum Gasteiger partial charge on any atom is 0.127 e. The van der Waals surface area contributed by atoms with Crippen molar-refractivity contribution in [2.45, 2.75) is 0 Å². The van der Waals surface area contributed by atoms with Crippen molar-refractivity contribution in [3.05, 3.63) is 60.7 Å². The highest BCUT2D eigenvalue weighted by molar-refractivity contribution is 7.59. The Morgan fingerprint density at radius 1 is 0.600 bits per heavy atom. The van der Waals surface area contributed by atoms with Crippen molar-refractivity contribution in [1.82, 2.24) is 0 Å². The maximum absolute atomic E-state index is 5.58. The van der Waals surface area contributed by atoms with Gasteiger partial charge in [0.1, 0.15) is 11.5 Å². The minimum Gasteiger partial charge on any atom is -0.457 e. The highest BCUT2D eigenvalue weighted by Crippen LogP contribution is 2.19. The van der Waals surface area contributed by atoms with E-state index in [9.17, 15) is 0 Å². The van der Waals surface area contributed by atoms with E-state index in [2.05, 4.69) is 0 Å². The molecule has 2 aromatic rings. The van der Waals surface area contributed by atoms with E-state index < -0.39 is 0 Å². The average Bonchev–Trinajstić information content (AvgIpc) is 2.21. The van der Waals surface area contributed by atoms with Crippen molar-refractivity contribution in [3.63, 3.8) is 0 Å². The first-order valence-electron chi connectivity index (χ1n) is 4.23. The van der Waals surface area contributed by atoms with Crippen LogP contribution in [0.15, 0.2) is 60.7 Å². The SMILES string of the molecule is O.S.c1ccc(Oc2ccccc2)cc1. The van der Waals surface area contributed by atoms with Crippen LogP contribution in [0.25, 0.3) is 0 Å². The van der Waals surface area contributed by atoms with Crippen LogP contribution in [0.2, 0.25) is 0 Å². The van der Waals surface area contributed by atoms with E-state index in [0.717, 1.165) is 11.5 Å². The molecule has 0 aromatic heterocycles. The minimum atomic E-state index is 0. The summed E-state index contributed by atoms with van der Waals surface area (Å²) < 4.78 is 5.58. The molecule has 3 heteroatoms. The summed E-state index contributed by atoms with van der Waals surface area (Å²) in [6, 6.07) is 19.5. The molecule has 0 unspecified atom stereocenters. The van der Waals surface area contributed by atoms with E-state index in [-0.39, 0.29) is 19.0 Å². The number of ether oxygens (including phenoxy) is 1. The fraction of sp³-hybridized carbons (Fsp3) is 0.